The van der Waals surface area contributed by atoms with Gasteiger partial charge in [0.25, 0.3) is 10.1 Å². The van der Waals surface area contributed by atoms with E-state index in [4.69, 9.17) is 4.74 Å². The van der Waals surface area contributed by atoms with Crippen LogP contribution in [0.2, 0.25) is 0 Å². The van der Waals surface area contributed by atoms with Crippen LogP contribution in [0.4, 0.5) is 0 Å². The molecule has 0 aliphatic heterocycles. The molecule has 0 aliphatic rings. The third kappa shape index (κ3) is 9.84. The molecule has 0 unspecified atom stereocenters. The minimum absolute atomic E-state index is 0. The van der Waals surface area contributed by atoms with E-state index in [1.165, 1.54) is 56.9 Å². The maximum atomic E-state index is 11.5. The summed E-state index contributed by atoms with van der Waals surface area (Å²) in [6, 6.07) is 10.5. The van der Waals surface area contributed by atoms with E-state index in [2.05, 4.69) is 6.92 Å². The van der Waals surface area contributed by atoms with Gasteiger partial charge in [0.2, 0.25) is 0 Å². The van der Waals surface area contributed by atoms with Gasteiger partial charge >= 0.3 is 29.6 Å². The quantitative estimate of drug-likeness (QED) is 0.293. The first-order valence-corrected chi connectivity index (χ1v) is 11.9. The Morgan fingerprint density at radius 2 is 1.43 bits per heavy atom. The van der Waals surface area contributed by atoms with Crippen LogP contribution in [0.1, 0.15) is 70.3 Å². The smallest absolute Gasteiger partial charge is 0.872 e. The molecule has 0 aliphatic carbocycles. The van der Waals surface area contributed by atoms with Crippen LogP contribution in [0.5, 0.6) is 17.2 Å². The number of rotatable bonds is 13. The van der Waals surface area contributed by atoms with E-state index in [9.17, 15) is 18.1 Å². The van der Waals surface area contributed by atoms with Gasteiger partial charge in [-0.2, -0.15) is 8.42 Å². The first-order valence-electron chi connectivity index (χ1n) is 10.5. The summed E-state index contributed by atoms with van der Waals surface area (Å²) in [5.74, 6) is -0.155. The van der Waals surface area contributed by atoms with Gasteiger partial charge in [0.05, 0.1) is 0 Å². The predicted octanol–water partition coefficient (Wildman–Crippen LogP) is 2.88. The van der Waals surface area contributed by atoms with Crippen LogP contribution >= 0.6 is 0 Å². The van der Waals surface area contributed by atoms with Gasteiger partial charge in [0.15, 0.2) is 0 Å². The summed E-state index contributed by atoms with van der Waals surface area (Å²) in [4.78, 5) is -0.420. The summed E-state index contributed by atoms with van der Waals surface area (Å²) in [6.07, 6.45) is 12.6. The van der Waals surface area contributed by atoms with Crippen molar-refractivity contribution in [3.05, 3.63) is 48.0 Å². The van der Waals surface area contributed by atoms with Gasteiger partial charge in [-0.3, -0.25) is 4.55 Å². The van der Waals surface area contributed by atoms with Crippen molar-refractivity contribution in [2.75, 3.05) is 0 Å². The molecule has 2 rings (SSSR count). The molecule has 0 saturated carbocycles. The van der Waals surface area contributed by atoms with E-state index in [1.807, 2.05) is 12.1 Å². The molecule has 0 radical (unpaired) electrons. The van der Waals surface area contributed by atoms with Crippen LogP contribution in [0.15, 0.2) is 47.4 Å². The minimum Gasteiger partial charge on any atom is -0.872 e. The topological polar surface area (TPSA) is 86.7 Å². The Bertz CT molecular complexity index is 850. The fourth-order valence-corrected chi connectivity index (χ4v) is 3.87. The van der Waals surface area contributed by atoms with E-state index in [0.717, 1.165) is 31.0 Å². The van der Waals surface area contributed by atoms with Crippen LogP contribution in [-0.4, -0.2) is 13.0 Å². The van der Waals surface area contributed by atoms with Gasteiger partial charge in [-0.05, 0) is 42.7 Å². The first kappa shape index (κ1) is 27.0. The monoisotopic (exact) mass is 442 g/mol. The zero-order valence-electron chi connectivity index (χ0n) is 18.1. The fraction of sp³-hybridized carbons (Fsp3) is 0.478. The van der Waals surface area contributed by atoms with Crippen LogP contribution in [0.25, 0.3) is 0 Å². The normalized spacial score (nSPS) is 11.1. The van der Waals surface area contributed by atoms with E-state index >= 15 is 0 Å². The molecular formula is C23H31NaO5S. The van der Waals surface area contributed by atoms with E-state index in [-0.39, 0.29) is 35.3 Å². The molecule has 0 heterocycles. The first-order chi connectivity index (χ1) is 13.9. The van der Waals surface area contributed by atoms with E-state index < -0.39 is 20.8 Å². The molecule has 0 amide bonds. The zero-order chi connectivity index (χ0) is 21.1. The molecule has 0 fully saturated rings. The van der Waals surface area contributed by atoms with Gasteiger partial charge in [-0.25, -0.2) is 0 Å². The van der Waals surface area contributed by atoms with Crippen molar-refractivity contribution in [3.63, 3.8) is 0 Å². The molecule has 160 valence electrons. The summed E-state index contributed by atoms with van der Waals surface area (Å²) < 4.78 is 37.7. The molecule has 5 nitrogen and oxygen atoms in total. The Labute approximate surface area is 202 Å². The van der Waals surface area contributed by atoms with Gasteiger partial charge in [-0.15, -0.1) is 5.75 Å². The molecule has 0 spiro atoms. The maximum absolute atomic E-state index is 11.5. The van der Waals surface area contributed by atoms with Crippen molar-refractivity contribution in [2.45, 2.75) is 76.0 Å². The third-order valence-electron chi connectivity index (χ3n) is 4.91. The number of benzene rings is 2. The molecule has 0 atom stereocenters. The van der Waals surface area contributed by atoms with Gasteiger partial charge in [0.1, 0.15) is 16.4 Å². The van der Waals surface area contributed by atoms with Crippen molar-refractivity contribution in [1.29, 1.82) is 0 Å². The zero-order valence-corrected chi connectivity index (χ0v) is 20.9. The van der Waals surface area contributed by atoms with E-state index in [0.29, 0.717) is 5.75 Å². The van der Waals surface area contributed by atoms with Gasteiger partial charge < -0.3 is 9.84 Å². The van der Waals surface area contributed by atoms with Crippen molar-refractivity contribution in [3.8, 4) is 17.2 Å². The SMILES string of the molecule is CCCCCCCCCCCc1ccc(Oc2cc([O-])ccc2S(=O)(=O)O)cc1.[Na+]. The largest absolute Gasteiger partial charge is 1.00 e. The second-order valence-electron chi connectivity index (χ2n) is 7.41. The Balaban J connectivity index is 0.00000450. The van der Waals surface area contributed by atoms with Crippen molar-refractivity contribution >= 4 is 10.1 Å². The standard InChI is InChI=1S/C23H32O5S.Na/c1-2-3-4-5-6-7-8-9-10-11-19-12-15-21(16-13-19)28-22-18-20(24)14-17-23(22)29(25,26)27;/h12-18,24H,2-11H2,1H3,(H,25,26,27);/q;+1/p-1. The molecule has 30 heavy (non-hydrogen) atoms. The summed E-state index contributed by atoms with van der Waals surface area (Å²) in [5.41, 5.74) is 1.19. The summed E-state index contributed by atoms with van der Waals surface area (Å²) >= 11 is 0. The van der Waals surface area contributed by atoms with Crippen LogP contribution in [0, 0.1) is 0 Å². The molecule has 7 heteroatoms. The predicted molar refractivity (Wildman–Crippen MR) is 113 cm³/mol. The van der Waals surface area contributed by atoms with Crippen LogP contribution in [-0.2, 0) is 16.5 Å². The number of unbranched alkanes of at least 4 members (excludes halogenated alkanes) is 8. The van der Waals surface area contributed by atoms with Crippen LogP contribution < -0.4 is 39.4 Å². The molecule has 1 N–H and O–H groups in total. The van der Waals surface area contributed by atoms with Crippen molar-refractivity contribution in [1.82, 2.24) is 0 Å². The second kappa shape index (κ2) is 14.1. The molecule has 0 saturated heterocycles. The maximum Gasteiger partial charge on any atom is 1.00 e. The fourth-order valence-electron chi connectivity index (χ4n) is 3.27. The number of aryl methyl sites for hydroxylation is 1. The summed E-state index contributed by atoms with van der Waals surface area (Å²) in [7, 11) is -4.47. The Morgan fingerprint density at radius 3 is 2.00 bits per heavy atom. The van der Waals surface area contributed by atoms with Gasteiger partial charge in [0, 0.05) is 0 Å². The number of hydrogen-bond acceptors (Lipinski definition) is 4. The molecule has 0 bridgehead atoms. The summed E-state index contributed by atoms with van der Waals surface area (Å²) in [6.45, 7) is 2.24. The van der Waals surface area contributed by atoms with Crippen molar-refractivity contribution < 1.29 is 52.4 Å². The Kier molecular flexibility index (Phi) is 12.7. The summed E-state index contributed by atoms with van der Waals surface area (Å²) in [5, 5.41) is 11.5. The molecule has 2 aromatic carbocycles. The second-order valence-corrected chi connectivity index (χ2v) is 8.80. The Hall–Kier alpha value is -1.05. The number of hydrogen-bond donors (Lipinski definition) is 1. The van der Waals surface area contributed by atoms with E-state index in [1.54, 1.807) is 12.1 Å². The average molecular weight is 443 g/mol. The molecular weight excluding hydrogens is 411 g/mol. The van der Waals surface area contributed by atoms with Gasteiger partial charge in [-0.1, -0.05) is 76.5 Å². The third-order valence-corrected chi connectivity index (χ3v) is 5.81. The Morgan fingerprint density at radius 1 is 0.867 bits per heavy atom. The minimum atomic E-state index is -4.47. The van der Waals surface area contributed by atoms with Crippen LogP contribution in [0.3, 0.4) is 0 Å². The van der Waals surface area contributed by atoms with Crippen molar-refractivity contribution in [2.24, 2.45) is 0 Å². The molecule has 2 aromatic rings. The average Bonchev–Trinajstić information content (AvgIpc) is 2.67. The number of ether oxygens (including phenoxy) is 1. The molecule has 0 aromatic heterocycles.